The Balaban J connectivity index is 1.66. The predicted molar refractivity (Wildman–Crippen MR) is 221 cm³/mol. The van der Waals surface area contributed by atoms with E-state index in [4.69, 9.17) is 24.4 Å². The summed E-state index contributed by atoms with van der Waals surface area (Å²) >= 11 is 6.69. The summed E-state index contributed by atoms with van der Waals surface area (Å²) in [6, 6.07) is 6.40. The van der Waals surface area contributed by atoms with Crippen LogP contribution in [0.1, 0.15) is 96.3 Å². The van der Waals surface area contributed by atoms with E-state index in [0.717, 1.165) is 28.8 Å². The van der Waals surface area contributed by atoms with E-state index >= 15 is 0 Å². The van der Waals surface area contributed by atoms with Crippen molar-refractivity contribution in [3.63, 3.8) is 0 Å². The summed E-state index contributed by atoms with van der Waals surface area (Å²) in [5.41, 5.74) is -7.51. The summed E-state index contributed by atoms with van der Waals surface area (Å²) in [6.45, 7) is 4.98. The van der Waals surface area contributed by atoms with Gasteiger partial charge in [0.25, 0.3) is 35.2 Å². The molecule has 2 aromatic heterocycles. The van der Waals surface area contributed by atoms with Crippen molar-refractivity contribution in [1.29, 1.82) is 5.26 Å². The molecular weight excluding hydrogens is 869 g/mol. The number of ketones is 2. The number of amides is 4. The van der Waals surface area contributed by atoms with Gasteiger partial charge in [-0.1, -0.05) is 23.4 Å². The smallest absolute Gasteiger partial charge is 0.393 e. The molecule has 0 bridgehead atoms. The molecule has 1 saturated carbocycles. The Morgan fingerprint density at radius 3 is 2.02 bits per heavy atom. The molecule has 0 atom stereocenters. The van der Waals surface area contributed by atoms with Crippen LogP contribution in [0.5, 0.6) is 0 Å². The van der Waals surface area contributed by atoms with Crippen LogP contribution in [0, 0.1) is 61.5 Å². The predicted octanol–water partition coefficient (Wildman–Crippen LogP) is 5.55. The largest absolute Gasteiger partial charge is 0.419 e. The fourth-order valence-corrected chi connectivity index (χ4v) is 7.55. The average molecular weight is 906 g/mol. The molecule has 0 aliphatic heterocycles. The number of alkyl halides is 3. The van der Waals surface area contributed by atoms with E-state index in [1.807, 2.05) is 0 Å². The summed E-state index contributed by atoms with van der Waals surface area (Å²) in [7, 11) is 1.26. The van der Waals surface area contributed by atoms with Crippen molar-refractivity contribution in [1.82, 2.24) is 19.8 Å². The van der Waals surface area contributed by atoms with E-state index in [-0.39, 0.29) is 46.6 Å². The Kier molecular flexibility index (Phi) is 13.3. The molecule has 0 radical (unpaired) electrons. The van der Waals surface area contributed by atoms with Crippen molar-refractivity contribution in [2.24, 2.45) is 7.05 Å². The van der Waals surface area contributed by atoms with E-state index in [2.05, 4.69) is 33.1 Å². The quantitative estimate of drug-likeness (QED) is 0.0497. The molecule has 64 heavy (non-hydrogen) atoms. The monoisotopic (exact) mass is 905 g/mol. The van der Waals surface area contributed by atoms with Gasteiger partial charge in [0, 0.05) is 43.5 Å². The van der Waals surface area contributed by atoms with E-state index in [9.17, 15) is 61.1 Å². The molecule has 20 heteroatoms. The van der Waals surface area contributed by atoms with Crippen molar-refractivity contribution >= 4 is 58.2 Å². The number of benzene rings is 2. The standard InChI is InChI=1S/C44H37ClF5N7O7/c1-8-42(5,6)54-40(63)35(59)31-21(3)33(38(61)53-25-11-13-30(47)28(17-25)44(48,49)50)57(22(31)4)15-14-27-32(36(60)41(64)55-43(9-2)18-26(58)19-43)37(45)56(7)34(27)39(62)52-24-10-12-29(46)23(16-24)20-51/h1-2,10-13,16-17,26,58H,14-15,18-19H2,3-7H3,(H,52,62)(H,53,61)(H,54,63)(H,55,64). The van der Waals surface area contributed by atoms with Gasteiger partial charge in [-0.2, -0.15) is 18.4 Å². The molecule has 0 unspecified atom stereocenters. The summed E-state index contributed by atoms with van der Waals surface area (Å²) in [6.07, 6.45) is 4.42. The van der Waals surface area contributed by atoms with Gasteiger partial charge in [-0.25, -0.2) is 8.78 Å². The van der Waals surface area contributed by atoms with Crippen LogP contribution in [0.25, 0.3) is 0 Å². The zero-order valence-electron chi connectivity index (χ0n) is 34.5. The van der Waals surface area contributed by atoms with Gasteiger partial charge in [0.2, 0.25) is 0 Å². The van der Waals surface area contributed by atoms with Crippen molar-refractivity contribution in [2.45, 2.75) is 76.9 Å². The minimum Gasteiger partial charge on any atom is -0.393 e. The number of hydrogen-bond acceptors (Lipinski definition) is 8. The fraction of sp³-hybridized carbons (Fsp3) is 0.295. The number of Topliss-reactive ketones (excluding diaryl/α,β-unsaturated/α-hetero) is 2. The Labute approximate surface area is 367 Å². The van der Waals surface area contributed by atoms with Gasteiger partial charge in [0.05, 0.1) is 33.9 Å². The lowest BCUT2D eigenvalue weighted by molar-refractivity contribution is -0.140. The number of carbonyl (C=O) groups is 6. The first-order chi connectivity index (χ1) is 29.8. The van der Waals surface area contributed by atoms with Gasteiger partial charge in [-0.05, 0) is 81.6 Å². The molecular formula is C44H37ClF5N7O7. The van der Waals surface area contributed by atoms with Crippen LogP contribution < -0.4 is 21.3 Å². The number of halogens is 6. The molecule has 1 aliphatic rings. The molecule has 5 rings (SSSR count). The number of rotatable bonds is 13. The Morgan fingerprint density at radius 2 is 1.47 bits per heavy atom. The van der Waals surface area contributed by atoms with E-state index in [1.165, 1.54) is 39.3 Å². The number of carbonyl (C=O) groups excluding carboxylic acids is 6. The topological polar surface area (TPSA) is 204 Å². The summed E-state index contributed by atoms with van der Waals surface area (Å²) in [5.74, 6) is -4.93. The maximum atomic E-state index is 14.2. The van der Waals surface area contributed by atoms with Crippen LogP contribution in [-0.4, -0.2) is 66.6 Å². The number of nitrogens with zero attached hydrogens (tertiary/aromatic N) is 3. The highest BCUT2D eigenvalue weighted by atomic mass is 35.5. The zero-order chi connectivity index (χ0) is 47.8. The first-order valence-corrected chi connectivity index (χ1v) is 19.3. The summed E-state index contributed by atoms with van der Waals surface area (Å²) in [4.78, 5) is 82.9. The fourth-order valence-electron chi connectivity index (χ4n) is 7.27. The van der Waals surface area contributed by atoms with Gasteiger partial charge in [0.1, 0.15) is 39.8 Å². The third-order valence-electron chi connectivity index (χ3n) is 10.5. The van der Waals surface area contributed by atoms with Gasteiger partial charge in [-0.3, -0.25) is 28.8 Å². The van der Waals surface area contributed by atoms with Crippen molar-refractivity contribution < 1.29 is 55.8 Å². The molecule has 332 valence electrons. The zero-order valence-corrected chi connectivity index (χ0v) is 35.3. The third-order valence-corrected chi connectivity index (χ3v) is 11.0. The normalized spacial score (nSPS) is 15.7. The number of aliphatic hydroxyl groups is 1. The Morgan fingerprint density at radius 1 is 0.906 bits per heavy atom. The van der Waals surface area contributed by atoms with Crippen LogP contribution in [-0.2, 0) is 35.8 Å². The van der Waals surface area contributed by atoms with Gasteiger partial charge in [-0.15, -0.1) is 12.8 Å². The van der Waals surface area contributed by atoms with Crippen LogP contribution in [0.3, 0.4) is 0 Å². The molecule has 1 fully saturated rings. The highest BCUT2D eigenvalue weighted by Crippen LogP contribution is 2.36. The summed E-state index contributed by atoms with van der Waals surface area (Å²) < 4.78 is 71.5. The molecule has 0 spiro atoms. The van der Waals surface area contributed by atoms with E-state index in [0.29, 0.717) is 12.1 Å². The van der Waals surface area contributed by atoms with Crippen LogP contribution in [0.4, 0.5) is 33.3 Å². The summed E-state index contributed by atoms with van der Waals surface area (Å²) in [5, 5.41) is 28.4. The number of nitrogens with one attached hydrogen (secondary N) is 4. The molecule has 4 aromatic rings. The molecule has 0 saturated heterocycles. The number of nitriles is 1. The van der Waals surface area contributed by atoms with Gasteiger partial charge >= 0.3 is 6.18 Å². The molecule has 14 nitrogen and oxygen atoms in total. The lowest BCUT2D eigenvalue weighted by atomic mass is 9.75. The molecule has 2 aromatic carbocycles. The average Bonchev–Trinajstić information content (AvgIpc) is 3.61. The van der Waals surface area contributed by atoms with Crippen LogP contribution >= 0.6 is 11.6 Å². The first kappa shape index (κ1) is 47.8. The second-order valence-corrected chi connectivity index (χ2v) is 15.8. The van der Waals surface area contributed by atoms with E-state index in [1.54, 1.807) is 6.07 Å². The van der Waals surface area contributed by atoms with Crippen LogP contribution in [0.15, 0.2) is 36.4 Å². The molecule has 4 amide bonds. The highest BCUT2D eigenvalue weighted by Gasteiger charge is 2.45. The molecule has 2 heterocycles. The van der Waals surface area contributed by atoms with Crippen LogP contribution in [0.2, 0.25) is 5.15 Å². The Bertz CT molecular complexity index is 2800. The number of anilines is 2. The van der Waals surface area contributed by atoms with Gasteiger partial charge in [0.15, 0.2) is 0 Å². The second-order valence-electron chi connectivity index (χ2n) is 15.4. The number of hydrogen-bond donors (Lipinski definition) is 5. The minimum absolute atomic E-state index is 0.0649. The number of aromatic nitrogens is 2. The number of aliphatic hydroxyl groups excluding tert-OH is 1. The third kappa shape index (κ3) is 9.39. The van der Waals surface area contributed by atoms with E-state index < -0.39 is 116 Å². The lowest BCUT2D eigenvalue weighted by Gasteiger charge is -2.41. The minimum atomic E-state index is -5.15. The van der Waals surface area contributed by atoms with Crippen molar-refractivity contribution in [3.8, 4) is 30.8 Å². The van der Waals surface area contributed by atoms with Crippen molar-refractivity contribution in [2.75, 3.05) is 10.6 Å². The SMILES string of the molecule is C#CC(C)(C)NC(=O)C(=O)c1c(C)c(C(=O)Nc2ccc(F)c(C(F)(F)F)c2)n(CCc2c(C(=O)C(=O)NC3(C#C)CC(O)C3)c(Cl)n(C)c2C(=O)Nc2ccc(F)c(C#N)c2)c1C. The molecule has 1 aliphatic carbocycles. The van der Waals surface area contributed by atoms with Gasteiger partial charge < -0.3 is 35.5 Å². The number of terminal acetylenes is 2. The maximum absolute atomic E-state index is 14.2. The maximum Gasteiger partial charge on any atom is 0.419 e. The second kappa shape index (κ2) is 17.8. The Hall–Kier alpha value is -7.27. The molecule has 5 N–H and O–H groups in total. The lowest BCUT2D eigenvalue weighted by Crippen LogP contribution is -2.59. The highest BCUT2D eigenvalue weighted by molar-refractivity contribution is 6.47. The van der Waals surface area contributed by atoms with Crippen molar-refractivity contribution in [3.05, 3.63) is 104 Å². The first-order valence-electron chi connectivity index (χ1n) is 18.9.